The second-order valence-corrected chi connectivity index (χ2v) is 5.08. The monoisotopic (exact) mass is 295 g/mol. The van der Waals surface area contributed by atoms with E-state index in [1.165, 1.54) is 6.07 Å². The number of hydrogen-bond donors (Lipinski definition) is 2. The Morgan fingerprint density at radius 2 is 2.10 bits per heavy atom. The molecule has 106 valence electrons. The van der Waals surface area contributed by atoms with E-state index in [2.05, 4.69) is 15.3 Å². The van der Waals surface area contributed by atoms with Gasteiger partial charge >= 0.3 is 0 Å². The minimum atomic E-state index is -0.460. The third-order valence-electron chi connectivity index (χ3n) is 3.00. The summed E-state index contributed by atoms with van der Waals surface area (Å²) in [5.41, 5.74) is 1.19. The number of aryl methyl sites for hydroxylation is 2. The van der Waals surface area contributed by atoms with Gasteiger partial charge in [0, 0.05) is 5.02 Å². The second-order valence-electron chi connectivity index (χ2n) is 4.64. The van der Waals surface area contributed by atoms with Crippen molar-refractivity contribution in [1.29, 1.82) is 0 Å². The molecule has 0 fully saturated rings. The molecule has 0 aliphatic rings. The molecule has 2 N–H and O–H groups in total. The number of hydrogen-bond acceptors (Lipinski definition) is 3. The maximum atomic E-state index is 13.7. The fourth-order valence-corrected chi connectivity index (χ4v) is 2.32. The molecule has 0 amide bonds. The van der Waals surface area contributed by atoms with E-state index in [1.54, 1.807) is 32.9 Å². The van der Waals surface area contributed by atoms with E-state index in [-0.39, 0.29) is 11.6 Å². The Morgan fingerprint density at radius 3 is 2.70 bits per heavy atom. The SMILES string of the molecule is Cc1nc(C)c(C(C)Nc2ccc(Cl)cc2F)c(=O)[nH]1. The summed E-state index contributed by atoms with van der Waals surface area (Å²) in [4.78, 5) is 18.9. The molecule has 1 atom stereocenters. The fraction of sp³-hybridized carbons (Fsp3) is 0.286. The molecule has 0 spiro atoms. The van der Waals surface area contributed by atoms with Crippen LogP contribution in [-0.2, 0) is 0 Å². The molecule has 1 heterocycles. The number of aromatic amines is 1. The molecule has 1 aromatic heterocycles. The molecule has 1 aromatic carbocycles. The molecule has 4 nitrogen and oxygen atoms in total. The summed E-state index contributed by atoms with van der Waals surface area (Å²) < 4.78 is 13.7. The Hall–Kier alpha value is -1.88. The lowest BCUT2D eigenvalue weighted by molar-refractivity contribution is 0.627. The third kappa shape index (κ3) is 2.99. The predicted molar refractivity (Wildman–Crippen MR) is 77.8 cm³/mol. The van der Waals surface area contributed by atoms with Gasteiger partial charge in [-0.1, -0.05) is 11.6 Å². The molecule has 2 rings (SSSR count). The number of anilines is 1. The van der Waals surface area contributed by atoms with Crippen LogP contribution in [0.25, 0.3) is 0 Å². The van der Waals surface area contributed by atoms with Gasteiger partial charge < -0.3 is 10.3 Å². The van der Waals surface area contributed by atoms with Gasteiger partial charge in [0.05, 0.1) is 23.0 Å². The first-order valence-corrected chi connectivity index (χ1v) is 6.55. The Bertz CT molecular complexity index is 699. The highest BCUT2D eigenvalue weighted by Gasteiger charge is 2.16. The molecule has 20 heavy (non-hydrogen) atoms. The van der Waals surface area contributed by atoms with Crippen LogP contribution in [0.5, 0.6) is 0 Å². The molecule has 1 unspecified atom stereocenters. The van der Waals surface area contributed by atoms with Gasteiger partial charge in [0.15, 0.2) is 0 Å². The summed E-state index contributed by atoms with van der Waals surface area (Å²) in [7, 11) is 0. The number of nitrogens with one attached hydrogen (secondary N) is 2. The highest BCUT2D eigenvalue weighted by atomic mass is 35.5. The summed E-state index contributed by atoms with van der Waals surface area (Å²) in [6.07, 6.45) is 0. The van der Waals surface area contributed by atoms with Crippen LogP contribution in [-0.4, -0.2) is 9.97 Å². The van der Waals surface area contributed by atoms with Crippen LogP contribution in [0.2, 0.25) is 5.02 Å². The first-order chi connectivity index (χ1) is 9.38. The Kier molecular flexibility index (Phi) is 4.09. The maximum Gasteiger partial charge on any atom is 0.256 e. The zero-order valence-electron chi connectivity index (χ0n) is 11.4. The van der Waals surface area contributed by atoms with Crippen LogP contribution in [0.1, 0.15) is 30.0 Å². The number of halogens is 2. The summed E-state index contributed by atoms with van der Waals surface area (Å²) >= 11 is 5.71. The van der Waals surface area contributed by atoms with Crippen molar-refractivity contribution in [2.24, 2.45) is 0 Å². The number of rotatable bonds is 3. The van der Waals surface area contributed by atoms with Crippen molar-refractivity contribution in [3.63, 3.8) is 0 Å². The van der Waals surface area contributed by atoms with Gasteiger partial charge in [0.1, 0.15) is 11.6 Å². The zero-order valence-corrected chi connectivity index (χ0v) is 12.2. The highest BCUT2D eigenvalue weighted by Crippen LogP contribution is 2.23. The van der Waals surface area contributed by atoms with E-state index < -0.39 is 5.82 Å². The van der Waals surface area contributed by atoms with E-state index in [9.17, 15) is 9.18 Å². The molecular formula is C14H15ClFN3O. The molecule has 0 radical (unpaired) electrons. The van der Waals surface area contributed by atoms with Crippen LogP contribution in [0.15, 0.2) is 23.0 Å². The van der Waals surface area contributed by atoms with Gasteiger partial charge in [-0.05, 0) is 39.0 Å². The summed E-state index contributed by atoms with van der Waals surface area (Å²) in [5, 5.41) is 3.29. The molecule has 6 heteroatoms. The minimum Gasteiger partial charge on any atom is -0.376 e. The van der Waals surface area contributed by atoms with Crippen LogP contribution < -0.4 is 10.9 Å². The van der Waals surface area contributed by atoms with Crippen molar-refractivity contribution < 1.29 is 4.39 Å². The van der Waals surface area contributed by atoms with E-state index in [4.69, 9.17) is 11.6 Å². The van der Waals surface area contributed by atoms with Gasteiger partial charge in [-0.3, -0.25) is 4.79 Å². The van der Waals surface area contributed by atoms with Gasteiger partial charge in [-0.25, -0.2) is 9.37 Å². The van der Waals surface area contributed by atoms with Crippen molar-refractivity contribution >= 4 is 17.3 Å². The summed E-state index contributed by atoms with van der Waals surface area (Å²) in [6.45, 7) is 5.26. The van der Waals surface area contributed by atoms with E-state index in [0.717, 1.165) is 0 Å². The zero-order chi connectivity index (χ0) is 14.9. The number of benzene rings is 1. The van der Waals surface area contributed by atoms with Gasteiger partial charge in [0.2, 0.25) is 0 Å². The Labute approximate surface area is 121 Å². The molecule has 0 saturated heterocycles. The predicted octanol–water partition coefficient (Wildman–Crippen LogP) is 3.35. The van der Waals surface area contributed by atoms with Gasteiger partial charge in [-0.15, -0.1) is 0 Å². The average Bonchev–Trinajstić information content (AvgIpc) is 2.31. The van der Waals surface area contributed by atoms with E-state index >= 15 is 0 Å². The van der Waals surface area contributed by atoms with Crippen molar-refractivity contribution in [1.82, 2.24) is 9.97 Å². The van der Waals surface area contributed by atoms with E-state index in [1.807, 2.05) is 0 Å². The first-order valence-electron chi connectivity index (χ1n) is 6.17. The highest BCUT2D eigenvalue weighted by molar-refractivity contribution is 6.30. The lowest BCUT2D eigenvalue weighted by atomic mass is 10.1. The van der Waals surface area contributed by atoms with Gasteiger partial charge in [-0.2, -0.15) is 0 Å². The number of nitrogens with zero attached hydrogens (tertiary/aromatic N) is 1. The lowest BCUT2D eigenvalue weighted by Crippen LogP contribution is -2.23. The molecule has 0 saturated carbocycles. The Balaban J connectivity index is 2.33. The topological polar surface area (TPSA) is 57.8 Å². The van der Waals surface area contributed by atoms with Crippen LogP contribution in [0, 0.1) is 19.7 Å². The van der Waals surface area contributed by atoms with Crippen LogP contribution >= 0.6 is 11.6 Å². The fourth-order valence-electron chi connectivity index (χ4n) is 2.16. The number of aromatic nitrogens is 2. The average molecular weight is 296 g/mol. The third-order valence-corrected chi connectivity index (χ3v) is 3.24. The molecule has 0 aliphatic carbocycles. The maximum absolute atomic E-state index is 13.7. The van der Waals surface area contributed by atoms with Crippen LogP contribution in [0.4, 0.5) is 10.1 Å². The van der Waals surface area contributed by atoms with Crippen molar-refractivity contribution in [2.45, 2.75) is 26.8 Å². The normalized spacial score (nSPS) is 12.2. The van der Waals surface area contributed by atoms with Crippen LogP contribution in [0.3, 0.4) is 0 Å². The summed E-state index contributed by atoms with van der Waals surface area (Å²) in [5.74, 6) is 0.0969. The Morgan fingerprint density at radius 1 is 1.40 bits per heavy atom. The van der Waals surface area contributed by atoms with Gasteiger partial charge in [0.25, 0.3) is 5.56 Å². The minimum absolute atomic E-state index is 0.218. The smallest absolute Gasteiger partial charge is 0.256 e. The molecule has 0 bridgehead atoms. The van der Waals surface area contributed by atoms with Crippen molar-refractivity contribution in [2.75, 3.05) is 5.32 Å². The number of H-pyrrole nitrogens is 1. The molecule has 2 aromatic rings. The lowest BCUT2D eigenvalue weighted by Gasteiger charge is -2.17. The standard InChI is InChI=1S/C14H15ClFN3O/c1-7-13(14(20)19-9(3)17-7)8(2)18-12-5-4-10(15)6-11(12)16/h4-6,8,18H,1-3H3,(H,17,19,20). The molecule has 0 aliphatic heterocycles. The first kappa shape index (κ1) is 14.5. The van der Waals surface area contributed by atoms with Crippen molar-refractivity contribution in [3.05, 3.63) is 56.5 Å². The summed E-state index contributed by atoms with van der Waals surface area (Å²) in [6, 6.07) is 3.98. The van der Waals surface area contributed by atoms with E-state index in [0.29, 0.717) is 27.8 Å². The largest absolute Gasteiger partial charge is 0.376 e. The second kappa shape index (κ2) is 5.63. The quantitative estimate of drug-likeness (QED) is 0.913. The van der Waals surface area contributed by atoms with Crippen molar-refractivity contribution in [3.8, 4) is 0 Å². The molecular weight excluding hydrogens is 281 g/mol.